The van der Waals surface area contributed by atoms with Gasteiger partial charge >= 0.3 is 5.92 Å². The lowest BCUT2D eigenvalue weighted by Crippen LogP contribution is -2.49. The lowest BCUT2D eigenvalue weighted by Gasteiger charge is -2.41. The fourth-order valence-electron chi connectivity index (χ4n) is 10.0. The molecule has 0 radical (unpaired) electrons. The summed E-state index contributed by atoms with van der Waals surface area (Å²) in [6, 6.07) is 9.37. The molecule has 3 N–H and O–H groups in total. The van der Waals surface area contributed by atoms with Crippen LogP contribution in [0, 0.1) is 11.8 Å². The molecule has 63 heavy (non-hydrogen) atoms. The lowest BCUT2D eigenvalue weighted by atomic mass is 9.84. The van der Waals surface area contributed by atoms with E-state index in [2.05, 4.69) is 30.9 Å². The van der Waals surface area contributed by atoms with E-state index < -0.39 is 41.9 Å². The highest BCUT2D eigenvalue weighted by Gasteiger charge is 2.51. The zero-order chi connectivity index (χ0) is 43.9. The molecule has 3 saturated heterocycles. The second kappa shape index (κ2) is 15.6. The quantitative estimate of drug-likeness (QED) is 0.113. The van der Waals surface area contributed by atoms with E-state index in [-0.39, 0.29) is 53.1 Å². The molecule has 0 spiro atoms. The van der Waals surface area contributed by atoms with Crippen molar-refractivity contribution in [1.29, 1.82) is 0 Å². The summed E-state index contributed by atoms with van der Waals surface area (Å²) in [5.74, 6) is -7.70. The van der Waals surface area contributed by atoms with Crippen molar-refractivity contribution in [3.8, 4) is 5.75 Å². The van der Waals surface area contributed by atoms with Gasteiger partial charge in [0, 0.05) is 56.6 Å². The van der Waals surface area contributed by atoms with Gasteiger partial charge < -0.3 is 24.8 Å². The number of carbonyl (C=O) groups is 2. The molecule has 2 amide bonds. The van der Waals surface area contributed by atoms with E-state index in [4.69, 9.17) is 21.3 Å². The third kappa shape index (κ3) is 7.72. The summed E-state index contributed by atoms with van der Waals surface area (Å²) in [5, 5.41) is 14.7. The number of alkyl halides is 4. The van der Waals surface area contributed by atoms with Gasteiger partial charge in [0.1, 0.15) is 5.02 Å². The number of likely N-dealkylation sites (tertiary alicyclic amines) is 1. The van der Waals surface area contributed by atoms with E-state index in [9.17, 15) is 14.4 Å². The van der Waals surface area contributed by atoms with Gasteiger partial charge in [-0.25, -0.2) is 22.5 Å². The molecule has 19 heteroatoms. The number of aryl methyl sites for hydroxylation is 2. The van der Waals surface area contributed by atoms with Crippen LogP contribution >= 0.6 is 11.6 Å². The Kier molecular flexibility index (Phi) is 10.3. The molecular weight excluding hydrogens is 844 g/mol. The van der Waals surface area contributed by atoms with E-state index in [0.717, 1.165) is 18.2 Å². The summed E-state index contributed by atoms with van der Waals surface area (Å²) < 4.78 is 70.8. The standard InChI is InChI=1S/C44H47ClF4N10O4/c1-56-32-9-6-26(18-29(32)36-37(41(56)62)63-22-44(48,49)38(53-36)24-3-4-24)51-39-31(45)19-50-42(54-39)59-15-11-23(12-16-59)20-58-14-13-30(43(46,47)21-58)25-5-7-27-33(17-25)57(2)55-35(27)28-8-10-34(60)52-40(28)61/h5-7,9,17-19,23-24,28,30,38,53H,3-4,8,10-16,20-22H2,1-2H3,(H,50,51,54)(H,52,60,61)/t28?,30?,38-/m0/s1. The molecule has 1 saturated carbocycles. The number of benzene rings is 2. The van der Waals surface area contributed by atoms with Gasteiger partial charge in [-0.2, -0.15) is 10.1 Å². The van der Waals surface area contributed by atoms with Gasteiger partial charge in [0.05, 0.1) is 53.0 Å². The number of fused-ring (bicyclic) bond motifs is 4. The second-order valence-electron chi connectivity index (χ2n) is 17.9. The molecule has 4 fully saturated rings. The smallest absolute Gasteiger partial charge is 0.301 e. The van der Waals surface area contributed by atoms with Crippen LogP contribution in [0.2, 0.25) is 5.02 Å². The number of amides is 2. The predicted octanol–water partition coefficient (Wildman–Crippen LogP) is 6.69. The van der Waals surface area contributed by atoms with Gasteiger partial charge in [0.2, 0.25) is 23.5 Å². The third-order valence-corrected chi connectivity index (χ3v) is 13.8. The minimum atomic E-state index is -3.16. The number of anilines is 4. The minimum Gasteiger partial charge on any atom is -0.480 e. The maximum Gasteiger partial charge on any atom is 0.301 e. The van der Waals surface area contributed by atoms with Crippen LogP contribution in [0.1, 0.15) is 68.0 Å². The number of piperidine rings is 3. The molecule has 2 unspecified atom stereocenters. The number of nitrogens with one attached hydrogen (secondary N) is 3. The molecule has 3 aromatic heterocycles. The Hall–Kier alpha value is -5.49. The first kappa shape index (κ1) is 41.5. The van der Waals surface area contributed by atoms with Crippen molar-refractivity contribution >= 4 is 68.4 Å². The summed E-state index contributed by atoms with van der Waals surface area (Å²) in [7, 11) is 3.31. The van der Waals surface area contributed by atoms with Crippen molar-refractivity contribution in [3.63, 3.8) is 0 Å². The van der Waals surface area contributed by atoms with E-state index in [1.807, 2.05) is 4.90 Å². The Labute approximate surface area is 364 Å². The average Bonchev–Trinajstić information content (AvgIpc) is 4.05. The van der Waals surface area contributed by atoms with Crippen LogP contribution < -0.4 is 31.1 Å². The summed E-state index contributed by atoms with van der Waals surface area (Å²) >= 11 is 6.59. The maximum atomic E-state index is 16.0. The van der Waals surface area contributed by atoms with Crippen LogP contribution in [0.15, 0.2) is 47.4 Å². The predicted molar refractivity (Wildman–Crippen MR) is 230 cm³/mol. The van der Waals surface area contributed by atoms with E-state index in [1.165, 1.54) is 10.8 Å². The van der Waals surface area contributed by atoms with Crippen molar-refractivity contribution < 1.29 is 31.9 Å². The van der Waals surface area contributed by atoms with E-state index in [1.54, 1.807) is 55.2 Å². The number of pyridine rings is 1. The molecule has 1 aliphatic carbocycles. The number of aromatic nitrogens is 5. The van der Waals surface area contributed by atoms with Crippen molar-refractivity contribution in [2.45, 2.75) is 74.7 Å². The van der Waals surface area contributed by atoms with Gasteiger partial charge in [-0.1, -0.05) is 23.7 Å². The zero-order valence-electron chi connectivity index (χ0n) is 34.8. The molecule has 5 aromatic rings. The molecule has 14 nitrogen and oxygen atoms in total. The van der Waals surface area contributed by atoms with Crippen LogP contribution in [-0.2, 0) is 23.7 Å². The maximum absolute atomic E-state index is 16.0. The molecule has 7 heterocycles. The van der Waals surface area contributed by atoms with Crippen molar-refractivity contribution in [3.05, 3.63) is 69.2 Å². The number of ether oxygens (including phenoxy) is 1. The number of halogens is 5. The second-order valence-corrected chi connectivity index (χ2v) is 18.3. The molecule has 3 atom stereocenters. The fraction of sp³-hybridized carbons (Fsp3) is 0.500. The monoisotopic (exact) mass is 890 g/mol. The SMILES string of the molecule is Cn1nc(C2CCC(=O)NC2=O)c2ccc(C3CCN(CC4CCN(c5ncc(Cl)c(Nc6ccc7c(c6)c6c(c(=O)n7C)OCC(F)(F)[C@H](C7CC7)N6)n5)CC4)CC3(F)F)cc21. The molecule has 4 aliphatic heterocycles. The fourth-order valence-corrected chi connectivity index (χ4v) is 10.1. The summed E-state index contributed by atoms with van der Waals surface area (Å²) in [5.41, 5.74) is 2.60. The topological polar surface area (TPSA) is 152 Å². The molecule has 10 rings (SSSR count). The average molecular weight is 891 g/mol. The third-order valence-electron chi connectivity index (χ3n) is 13.6. The Morgan fingerprint density at radius 3 is 2.46 bits per heavy atom. The highest BCUT2D eigenvalue weighted by molar-refractivity contribution is 6.33. The van der Waals surface area contributed by atoms with Gasteiger partial charge in [-0.05, 0) is 86.7 Å². The molecule has 5 aliphatic rings. The van der Waals surface area contributed by atoms with E-state index >= 15 is 17.6 Å². The molecular formula is C44H47ClF4N10O4. The highest BCUT2D eigenvalue weighted by atomic mass is 35.5. The van der Waals surface area contributed by atoms with Gasteiger partial charge in [0.15, 0.2) is 12.4 Å². The number of carbonyl (C=O) groups excluding carboxylic acids is 2. The number of hydrogen-bond acceptors (Lipinski definition) is 11. The number of imide groups is 1. The molecule has 0 bridgehead atoms. The minimum absolute atomic E-state index is 0.141. The molecule has 2 aromatic carbocycles. The first-order valence-corrected chi connectivity index (χ1v) is 21.9. The number of rotatable bonds is 8. The summed E-state index contributed by atoms with van der Waals surface area (Å²) in [6.45, 7) is 1.10. The largest absolute Gasteiger partial charge is 0.480 e. The van der Waals surface area contributed by atoms with Gasteiger partial charge in [0.25, 0.3) is 11.5 Å². The highest BCUT2D eigenvalue weighted by Crippen LogP contribution is 2.46. The summed E-state index contributed by atoms with van der Waals surface area (Å²) in [6.07, 6.45) is 5.26. The van der Waals surface area contributed by atoms with Crippen LogP contribution in [0.25, 0.3) is 21.8 Å². The summed E-state index contributed by atoms with van der Waals surface area (Å²) in [4.78, 5) is 50.7. The van der Waals surface area contributed by atoms with Gasteiger partial charge in [-0.3, -0.25) is 29.3 Å². The van der Waals surface area contributed by atoms with Crippen molar-refractivity contribution in [2.24, 2.45) is 25.9 Å². The van der Waals surface area contributed by atoms with E-state index in [0.29, 0.717) is 97.0 Å². The van der Waals surface area contributed by atoms with Crippen LogP contribution in [0.4, 0.5) is 40.7 Å². The van der Waals surface area contributed by atoms with Crippen molar-refractivity contribution in [1.82, 2.24) is 34.5 Å². The van der Waals surface area contributed by atoms with Crippen molar-refractivity contribution in [2.75, 3.05) is 54.9 Å². The first-order valence-electron chi connectivity index (χ1n) is 21.5. The number of nitrogens with zero attached hydrogens (tertiary/aromatic N) is 7. The normalized spacial score (nSPS) is 24.1. The Balaban J connectivity index is 0.783. The zero-order valence-corrected chi connectivity index (χ0v) is 35.5. The Morgan fingerprint density at radius 2 is 1.71 bits per heavy atom. The van der Waals surface area contributed by atoms with Crippen LogP contribution in [0.5, 0.6) is 5.75 Å². The first-order chi connectivity index (χ1) is 30.1. The Bertz CT molecular complexity index is 2720. The van der Waals surface area contributed by atoms with Gasteiger partial charge in [-0.15, -0.1) is 0 Å². The number of hydrogen-bond donors (Lipinski definition) is 3. The van der Waals surface area contributed by atoms with Crippen LogP contribution in [-0.4, -0.2) is 98.2 Å². The Morgan fingerprint density at radius 1 is 0.921 bits per heavy atom. The van der Waals surface area contributed by atoms with Crippen LogP contribution in [0.3, 0.4) is 0 Å². The molecule has 332 valence electrons. The lowest BCUT2D eigenvalue weighted by molar-refractivity contribution is -0.134.